The average molecular weight is 1240 g/mol. The molecule has 0 aromatic rings. The third-order valence-corrected chi connectivity index (χ3v) is 18.2. The summed E-state index contributed by atoms with van der Waals surface area (Å²) in [6.07, 6.45) is 85.3. The fourth-order valence-corrected chi connectivity index (χ4v) is 12.1. The van der Waals surface area contributed by atoms with Crippen LogP contribution in [-0.2, 0) is 27.9 Å². The van der Waals surface area contributed by atoms with E-state index >= 15 is 0 Å². The Morgan fingerprint density at radius 1 is 0.402 bits per heavy atom. The molecule has 0 bridgehead atoms. The van der Waals surface area contributed by atoms with Gasteiger partial charge in [-0.3, -0.25) is 14.2 Å². The summed E-state index contributed by atoms with van der Waals surface area (Å²) in [4.78, 5) is 40.3. The van der Waals surface area contributed by atoms with E-state index in [1.54, 1.807) is 0 Å². The number of allylic oxidation sites excluding steroid dienone is 7. The number of carbonyl (C=O) groups is 2. The molecular weight excluding hydrogens is 1100 g/mol. The highest BCUT2D eigenvalue weighted by molar-refractivity contribution is 7.45. The summed E-state index contributed by atoms with van der Waals surface area (Å²) in [5.74, 6) is -0.522. The van der Waals surface area contributed by atoms with Gasteiger partial charge in [-0.1, -0.05) is 327 Å². The van der Waals surface area contributed by atoms with Crippen LogP contribution in [0.25, 0.3) is 0 Å². The summed E-state index contributed by atoms with van der Waals surface area (Å²) in [5, 5.41) is 3.06. The van der Waals surface area contributed by atoms with Gasteiger partial charge in [-0.15, -0.1) is 0 Å². The van der Waals surface area contributed by atoms with Gasteiger partial charge in [0, 0.05) is 12.8 Å². The summed E-state index contributed by atoms with van der Waals surface area (Å²) in [7, 11) is 1.20. The Hall–Kier alpha value is -2.03. The molecule has 0 aliphatic heterocycles. The number of hydrogen-bond donors (Lipinski definition) is 1. The monoisotopic (exact) mass is 1240 g/mol. The van der Waals surface area contributed by atoms with Crippen LogP contribution in [0.15, 0.2) is 48.6 Å². The lowest BCUT2D eigenvalue weighted by Crippen LogP contribution is -2.47. The van der Waals surface area contributed by atoms with E-state index in [1.165, 1.54) is 283 Å². The van der Waals surface area contributed by atoms with Crippen molar-refractivity contribution in [3.63, 3.8) is 0 Å². The van der Waals surface area contributed by atoms with Gasteiger partial charge in [0.05, 0.1) is 33.8 Å². The minimum atomic E-state index is -4.71. The summed E-state index contributed by atoms with van der Waals surface area (Å²) >= 11 is 0. The largest absolute Gasteiger partial charge is 0.756 e. The maximum Gasteiger partial charge on any atom is 0.306 e. The number of ether oxygens (including phenoxy) is 1. The number of nitrogens with one attached hydrogen (secondary N) is 1. The van der Waals surface area contributed by atoms with Crippen molar-refractivity contribution in [2.45, 2.75) is 392 Å². The second kappa shape index (κ2) is 66.9. The normalized spacial score (nSPS) is 13.7. The lowest BCUT2D eigenvalue weighted by Gasteiger charge is -2.30. The molecule has 0 rings (SSSR count). The maximum absolute atomic E-state index is 13.6. The molecule has 1 N–H and O–H groups in total. The number of quaternary nitrogens is 1. The predicted octanol–water partition coefficient (Wildman–Crippen LogP) is 23.7. The van der Waals surface area contributed by atoms with Crippen LogP contribution < -0.4 is 10.2 Å². The zero-order valence-electron chi connectivity index (χ0n) is 58.7. The number of nitrogens with zero attached hydrogens (tertiary/aromatic N) is 1. The van der Waals surface area contributed by atoms with E-state index in [4.69, 9.17) is 13.8 Å². The number of carbonyl (C=O) groups excluding carboxylic acids is 2. The highest BCUT2D eigenvalue weighted by atomic mass is 31.2. The van der Waals surface area contributed by atoms with Crippen molar-refractivity contribution in [3.05, 3.63) is 48.6 Å². The zero-order valence-corrected chi connectivity index (χ0v) is 59.6. The first-order valence-electron chi connectivity index (χ1n) is 37.9. The van der Waals surface area contributed by atoms with Crippen molar-refractivity contribution in [2.75, 3.05) is 40.9 Å². The molecule has 0 saturated carbocycles. The molecular formula is C77H147N2O7P. The Morgan fingerprint density at radius 3 is 1.07 bits per heavy atom. The summed E-state index contributed by atoms with van der Waals surface area (Å²) < 4.78 is 30.5. The third-order valence-electron chi connectivity index (χ3n) is 17.2. The first kappa shape index (κ1) is 85.0. The molecule has 0 saturated heterocycles. The van der Waals surface area contributed by atoms with Gasteiger partial charge in [-0.2, -0.15) is 0 Å². The van der Waals surface area contributed by atoms with Crippen molar-refractivity contribution < 1.29 is 37.3 Å². The lowest BCUT2D eigenvalue weighted by atomic mass is 10.0. The van der Waals surface area contributed by atoms with Gasteiger partial charge in [0.15, 0.2) is 0 Å². The number of likely N-dealkylation sites (N-methyl/N-ethyl adjacent to an activating group) is 1. The fourth-order valence-electron chi connectivity index (χ4n) is 11.4. The second-order valence-corrected chi connectivity index (χ2v) is 28.6. The van der Waals surface area contributed by atoms with E-state index < -0.39 is 20.0 Å². The predicted molar refractivity (Wildman–Crippen MR) is 376 cm³/mol. The Morgan fingerprint density at radius 2 is 0.701 bits per heavy atom. The first-order chi connectivity index (χ1) is 42.4. The average Bonchev–Trinajstić information content (AvgIpc) is 3.69. The minimum absolute atomic E-state index is 0.0205. The summed E-state index contributed by atoms with van der Waals surface area (Å²) in [6.45, 7) is 6.88. The van der Waals surface area contributed by atoms with Crippen LogP contribution in [0.5, 0.6) is 0 Å². The Labute approximate surface area is 541 Å². The number of phosphoric ester groups is 1. The smallest absolute Gasteiger partial charge is 0.306 e. The molecule has 3 unspecified atom stereocenters. The molecule has 0 aliphatic rings. The maximum atomic E-state index is 13.6. The van der Waals surface area contributed by atoms with Gasteiger partial charge in [0.2, 0.25) is 5.91 Å². The van der Waals surface area contributed by atoms with Crippen LogP contribution in [0.4, 0.5) is 0 Å². The number of hydrogen-bond acceptors (Lipinski definition) is 7. The molecule has 0 spiro atoms. The topological polar surface area (TPSA) is 114 Å². The van der Waals surface area contributed by atoms with E-state index in [9.17, 15) is 19.0 Å². The van der Waals surface area contributed by atoms with Crippen molar-refractivity contribution in [3.8, 4) is 0 Å². The van der Waals surface area contributed by atoms with Crippen molar-refractivity contribution in [1.82, 2.24) is 5.32 Å². The van der Waals surface area contributed by atoms with Crippen LogP contribution >= 0.6 is 7.82 Å². The van der Waals surface area contributed by atoms with Gasteiger partial charge < -0.3 is 28.5 Å². The van der Waals surface area contributed by atoms with Gasteiger partial charge in [0.1, 0.15) is 19.3 Å². The number of amides is 1. The van der Waals surface area contributed by atoms with E-state index in [2.05, 4.69) is 62.5 Å². The molecule has 87 heavy (non-hydrogen) atoms. The fraction of sp³-hybridized carbons (Fsp3) is 0.870. The standard InChI is InChI=1S/C77H147N2O7P/c1-7-10-13-16-19-22-25-28-30-32-34-36-38-39-41-43-45-47-49-52-55-58-61-64-67-70-77(81)86-75(68-65-62-59-56-53-50-27-24-21-18-15-12-9-3)74(73-85-87(82,83)84-72-71-79(4,5)6)78-76(80)69-66-63-60-57-54-51-48-46-44-42-40-37-35-33-31-29-26-23-20-17-14-11-8-2/h20,23,28-31,65,68,74-75H,7-19,21-22,24-27,32-64,66-67,69-73H2,1-6H3,(H-,78,80,82,83)/b23-20-,30-28+,31-29-,68-65+. The van der Waals surface area contributed by atoms with E-state index in [0.717, 1.165) is 64.2 Å². The first-order valence-corrected chi connectivity index (χ1v) is 39.4. The van der Waals surface area contributed by atoms with Crippen LogP contribution in [0.1, 0.15) is 380 Å². The highest BCUT2D eigenvalue weighted by Crippen LogP contribution is 2.38. The van der Waals surface area contributed by atoms with Crippen molar-refractivity contribution in [1.29, 1.82) is 0 Å². The summed E-state index contributed by atoms with van der Waals surface area (Å²) in [6, 6.07) is -0.888. The Bertz CT molecular complexity index is 1620. The molecule has 10 heteroatoms. The molecule has 3 atom stereocenters. The molecule has 0 heterocycles. The number of phosphoric acid groups is 1. The van der Waals surface area contributed by atoms with Crippen molar-refractivity contribution in [2.24, 2.45) is 0 Å². The Balaban J connectivity index is 5.01. The molecule has 0 aromatic carbocycles. The van der Waals surface area contributed by atoms with Crippen LogP contribution in [0, 0.1) is 0 Å². The lowest BCUT2D eigenvalue weighted by molar-refractivity contribution is -0.870. The zero-order chi connectivity index (χ0) is 63.5. The van der Waals surface area contributed by atoms with Gasteiger partial charge in [0.25, 0.3) is 7.82 Å². The third kappa shape index (κ3) is 68.2. The molecule has 512 valence electrons. The Kier molecular flexibility index (Phi) is 65.3. The highest BCUT2D eigenvalue weighted by Gasteiger charge is 2.27. The van der Waals surface area contributed by atoms with Gasteiger partial charge in [-0.25, -0.2) is 0 Å². The number of esters is 1. The number of unbranched alkanes of at least 4 members (excludes halogenated alkanes) is 48. The van der Waals surface area contributed by atoms with Crippen LogP contribution in [-0.4, -0.2) is 69.4 Å². The quantitative estimate of drug-likeness (QED) is 0.0212. The van der Waals surface area contributed by atoms with Gasteiger partial charge in [-0.05, 0) is 89.5 Å². The van der Waals surface area contributed by atoms with E-state index in [-0.39, 0.29) is 31.5 Å². The molecule has 0 aliphatic carbocycles. The summed E-state index contributed by atoms with van der Waals surface area (Å²) in [5.41, 5.74) is 0. The molecule has 0 fully saturated rings. The van der Waals surface area contributed by atoms with Gasteiger partial charge >= 0.3 is 5.97 Å². The van der Waals surface area contributed by atoms with E-state index in [1.807, 2.05) is 33.3 Å². The molecule has 0 aromatic heterocycles. The SMILES string of the molecule is CCCCC/C=C\C/C=C\CCCCCCCCCCCCCCCC(=O)NC(COP(=O)([O-])OCC[N+](C)(C)C)C(/C=C/CCCCCCCCCCCCC)OC(=O)CCCCCCCCCCCCCCCCC/C=C/CCCCCCCC. The van der Waals surface area contributed by atoms with Crippen LogP contribution in [0.2, 0.25) is 0 Å². The molecule has 9 nitrogen and oxygen atoms in total. The van der Waals surface area contributed by atoms with E-state index in [0.29, 0.717) is 17.4 Å². The minimum Gasteiger partial charge on any atom is -0.756 e. The van der Waals surface area contributed by atoms with Crippen LogP contribution in [0.3, 0.4) is 0 Å². The number of rotatable bonds is 70. The molecule has 0 radical (unpaired) electrons. The second-order valence-electron chi connectivity index (χ2n) is 27.1. The van der Waals surface area contributed by atoms with Crippen molar-refractivity contribution >= 4 is 19.7 Å². The molecule has 1 amide bonds.